The molecule has 1 N–H and O–H groups in total. The number of carbonyl (C=O) groups excluding carboxylic acids is 2. The van der Waals surface area contributed by atoms with E-state index in [0.29, 0.717) is 26.9 Å². The van der Waals surface area contributed by atoms with Gasteiger partial charge in [0.15, 0.2) is 11.5 Å². The number of aromatic nitrogens is 1. The van der Waals surface area contributed by atoms with E-state index in [1.54, 1.807) is 54.7 Å². The lowest BCUT2D eigenvalue weighted by molar-refractivity contribution is 0.0728. The summed E-state index contributed by atoms with van der Waals surface area (Å²) in [4.78, 5) is 28.2. The van der Waals surface area contributed by atoms with Gasteiger partial charge in [-0.05, 0) is 64.0 Å². The number of halogens is 1. The standard InChI is InChI=1S/C21H16BrN3O4/c1-28-19-11-14(12-24-25-20(26)15-5-4-10-23-13-15)8-9-18(19)29-21(27)16-6-2-3-7-17(16)22/h2-13H,1H3,(H,25,26)/b24-12+. The first-order valence-corrected chi connectivity index (χ1v) is 9.26. The summed E-state index contributed by atoms with van der Waals surface area (Å²) in [5.41, 5.74) is 3.87. The van der Waals surface area contributed by atoms with Crippen LogP contribution in [0.4, 0.5) is 0 Å². The van der Waals surface area contributed by atoms with Gasteiger partial charge in [0, 0.05) is 16.9 Å². The Balaban J connectivity index is 1.69. The van der Waals surface area contributed by atoms with Crippen LogP contribution in [0.25, 0.3) is 0 Å². The SMILES string of the molecule is COc1cc(/C=N/NC(=O)c2cccnc2)ccc1OC(=O)c1ccccc1Br. The molecule has 1 heterocycles. The second kappa shape index (κ2) is 9.61. The Morgan fingerprint density at radius 3 is 2.66 bits per heavy atom. The number of esters is 1. The van der Waals surface area contributed by atoms with E-state index in [9.17, 15) is 9.59 Å². The molecule has 0 fully saturated rings. The normalized spacial score (nSPS) is 10.6. The largest absolute Gasteiger partial charge is 0.493 e. The summed E-state index contributed by atoms with van der Waals surface area (Å²) in [7, 11) is 1.47. The average Bonchev–Trinajstić information content (AvgIpc) is 2.75. The Labute approximate surface area is 175 Å². The van der Waals surface area contributed by atoms with E-state index in [4.69, 9.17) is 9.47 Å². The summed E-state index contributed by atoms with van der Waals surface area (Å²) < 4.78 is 11.4. The lowest BCUT2D eigenvalue weighted by Gasteiger charge is -2.10. The lowest BCUT2D eigenvalue weighted by atomic mass is 10.2. The van der Waals surface area contributed by atoms with Crippen molar-refractivity contribution < 1.29 is 19.1 Å². The predicted molar refractivity (Wildman–Crippen MR) is 111 cm³/mol. The van der Waals surface area contributed by atoms with Crippen LogP contribution in [-0.4, -0.2) is 30.2 Å². The molecule has 2 aromatic carbocycles. The van der Waals surface area contributed by atoms with Crippen LogP contribution in [-0.2, 0) is 0 Å². The number of hydrogen-bond acceptors (Lipinski definition) is 6. The van der Waals surface area contributed by atoms with E-state index < -0.39 is 5.97 Å². The molecular formula is C21H16BrN3O4. The van der Waals surface area contributed by atoms with E-state index in [2.05, 4.69) is 31.4 Å². The monoisotopic (exact) mass is 453 g/mol. The fourth-order valence-corrected chi connectivity index (χ4v) is 2.80. The van der Waals surface area contributed by atoms with Crippen molar-refractivity contribution in [2.45, 2.75) is 0 Å². The zero-order chi connectivity index (χ0) is 20.6. The summed E-state index contributed by atoms with van der Waals surface area (Å²) >= 11 is 3.33. The van der Waals surface area contributed by atoms with E-state index in [-0.39, 0.29) is 11.7 Å². The highest BCUT2D eigenvalue weighted by molar-refractivity contribution is 9.10. The van der Waals surface area contributed by atoms with Gasteiger partial charge in [0.05, 0.1) is 24.5 Å². The second-order valence-electron chi connectivity index (χ2n) is 5.72. The van der Waals surface area contributed by atoms with Crippen molar-refractivity contribution in [3.05, 3.63) is 88.2 Å². The minimum absolute atomic E-state index is 0.268. The van der Waals surface area contributed by atoms with Crippen LogP contribution >= 0.6 is 15.9 Å². The third-order valence-corrected chi connectivity index (χ3v) is 4.48. The molecule has 0 saturated heterocycles. The van der Waals surface area contributed by atoms with Crippen molar-refractivity contribution in [1.82, 2.24) is 10.4 Å². The first-order chi connectivity index (χ1) is 14.1. The fraction of sp³-hybridized carbons (Fsp3) is 0.0476. The Morgan fingerprint density at radius 1 is 1.10 bits per heavy atom. The van der Waals surface area contributed by atoms with Crippen LogP contribution in [0, 0.1) is 0 Å². The van der Waals surface area contributed by atoms with Crippen LogP contribution < -0.4 is 14.9 Å². The number of nitrogens with zero attached hydrogens (tertiary/aromatic N) is 2. The molecule has 146 valence electrons. The lowest BCUT2D eigenvalue weighted by Crippen LogP contribution is -2.17. The summed E-state index contributed by atoms with van der Waals surface area (Å²) in [5, 5.41) is 3.92. The van der Waals surface area contributed by atoms with Crippen LogP contribution in [0.5, 0.6) is 11.5 Å². The number of benzene rings is 2. The zero-order valence-corrected chi connectivity index (χ0v) is 16.9. The van der Waals surface area contributed by atoms with Gasteiger partial charge in [0.1, 0.15) is 0 Å². The van der Waals surface area contributed by atoms with Gasteiger partial charge in [0.25, 0.3) is 5.91 Å². The zero-order valence-electron chi connectivity index (χ0n) is 15.3. The molecule has 3 rings (SSSR count). The van der Waals surface area contributed by atoms with Gasteiger partial charge in [0.2, 0.25) is 0 Å². The molecule has 7 nitrogen and oxygen atoms in total. The number of ether oxygens (including phenoxy) is 2. The second-order valence-corrected chi connectivity index (χ2v) is 6.57. The first kappa shape index (κ1) is 20.2. The molecule has 1 aromatic heterocycles. The maximum atomic E-state index is 12.4. The topological polar surface area (TPSA) is 89.9 Å². The third kappa shape index (κ3) is 5.26. The van der Waals surface area contributed by atoms with Crippen molar-refractivity contribution in [2.24, 2.45) is 5.10 Å². The quantitative estimate of drug-likeness (QED) is 0.265. The molecular weight excluding hydrogens is 438 g/mol. The van der Waals surface area contributed by atoms with Crippen LogP contribution in [0.3, 0.4) is 0 Å². The Morgan fingerprint density at radius 2 is 1.93 bits per heavy atom. The van der Waals surface area contributed by atoms with E-state index in [1.807, 2.05) is 6.07 Å². The average molecular weight is 454 g/mol. The van der Waals surface area contributed by atoms with Crippen molar-refractivity contribution in [1.29, 1.82) is 0 Å². The van der Waals surface area contributed by atoms with Gasteiger partial charge in [-0.15, -0.1) is 0 Å². The molecule has 0 aliphatic rings. The Kier molecular flexibility index (Phi) is 6.70. The smallest absolute Gasteiger partial charge is 0.344 e. The van der Waals surface area contributed by atoms with Crippen LogP contribution in [0.1, 0.15) is 26.3 Å². The van der Waals surface area contributed by atoms with Crippen molar-refractivity contribution in [3.8, 4) is 11.5 Å². The van der Waals surface area contributed by atoms with Gasteiger partial charge < -0.3 is 9.47 Å². The third-order valence-electron chi connectivity index (χ3n) is 3.79. The van der Waals surface area contributed by atoms with Crippen molar-refractivity contribution in [2.75, 3.05) is 7.11 Å². The molecule has 29 heavy (non-hydrogen) atoms. The molecule has 0 atom stereocenters. The number of nitrogens with one attached hydrogen (secondary N) is 1. The van der Waals surface area contributed by atoms with Crippen LogP contribution in [0.15, 0.2) is 76.6 Å². The number of methoxy groups -OCH3 is 1. The molecule has 0 spiro atoms. The molecule has 0 unspecified atom stereocenters. The first-order valence-electron chi connectivity index (χ1n) is 8.46. The van der Waals surface area contributed by atoms with Gasteiger partial charge in [-0.1, -0.05) is 12.1 Å². The maximum absolute atomic E-state index is 12.4. The molecule has 0 bridgehead atoms. The Hall–Kier alpha value is -3.52. The van der Waals surface area contributed by atoms with Crippen LogP contribution in [0.2, 0.25) is 0 Å². The van der Waals surface area contributed by atoms with E-state index in [1.165, 1.54) is 19.5 Å². The highest BCUT2D eigenvalue weighted by Crippen LogP contribution is 2.29. The number of hydrazone groups is 1. The van der Waals surface area contributed by atoms with E-state index >= 15 is 0 Å². The molecule has 8 heteroatoms. The van der Waals surface area contributed by atoms with Gasteiger partial charge in [-0.25, -0.2) is 10.2 Å². The molecule has 0 aliphatic heterocycles. The number of hydrogen-bond donors (Lipinski definition) is 1. The van der Waals surface area contributed by atoms with Gasteiger partial charge in [-0.3, -0.25) is 9.78 Å². The number of amides is 1. The summed E-state index contributed by atoms with van der Waals surface area (Å²) in [6, 6.07) is 15.2. The number of carbonyl (C=O) groups is 2. The molecule has 0 aliphatic carbocycles. The molecule has 0 saturated carbocycles. The number of rotatable bonds is 6. The van der Waals surface area contributed by atoms with E-state index in [0.717, 1.165) is 0 Å². The molecule has 0 radical (unpaired) electrons. The maximum Gasteiger partial charge on any atom is 0.344 e. The highest BCUT2D eigenvalue weighted by Gasteiger charge is 2.15. The Bertz CT molecular complexity index is 1050. The van der Waals surface area contributed by atoms with Crippen molar-refractivity contribution >= 4 is 34.0 Å². The predicted octanol–water partition coefficient (Wildman–Crippen LogP) is 3.84. The summed E-state index contributed by atoms with van der Waals surface area (Å²) in [6.45, 7) is 0. The fourth-order valence-electron chi connectivity index (χ4n) is 2.36. The number of pyridine rings is 1. The highest BCUT2D eigenvalue weighted by atomic mass is 79.9. The molecule has 3 aromatic rings. The minimum Gasteiger partial charge on any atom is -0.493 e. The molecule has 1 amide bonds. The summed E-state index contributed by atoms with van der Waals surface area (Å²) in [6.07, 6.45) is 4.48. The summed E-state index contributed by atoms with van der Waals surface area (Å²) in [5.74, 6) is -0.265. The van der Waals surface area contributed by atoms with Gasteiger partial charge >= 0.3 is 5.97 Å². The van der Waals surface area contributed by atoms with Gasteiger partial charge in [-0.2, -0.15) is 5.10 Å². The van der Waals surface area contributed by atoms with Crippen molar-refractivity contribution in [3.63, 3.8) is 0 Å². The minimum atomic E-state index is -0.513.